The van der Waals surface area contributed by atoms with E-state index in [1.807, 2.05) is 12.2 Å². The Labute approximate surface area is 86.6 Å². The molecule has 1 aromatic heterocycles. The third-order valence-corrected chi connectivity index (χ3v) is 1.66. The first-order valence-electron chi connectivity index (χ1n) is 4.48. The molecule has 0 aromatic carbocycles. The monoisotopic (exact) mass is 211 g/mol. The minimum absolute atomic E-state index is 0.0380. The average Bonchev–Trinajstić information content (AvgIpc) is 2.61. The van der Waals surface area contributed by atoms with Crippen molar-refractivity contribution in [2.45, 2.75) is 13.5 Å². The zero-order valence-corrected chi connectivity index (χ0v) is 8.36. The highest BCUT2D eigenvalue weighted by Gasteiger charge is 2.04. The molecule has 0 atom stereocenters. The zero-order valence-electron chi connectivity index (χ0n) is 8.36. The van der Waals surface area contributed by atoms with Gasteiger partial charge in [0.15, 0.2) is 0 Å². The molecule has 0 bridgehead atoms. The molecule has 0 spiro atoms. The fraction of sp³-hybridized carbons (Fsp3) is 0.375. The second kappa shape index (κ2) is 4.99. The predicted octanol–water partition coefficient (Wildman–Crippen LogP) is -0.490. The Kier molecular flexibility index (Phi) is 3.67. The van der Waals surface area contributed by atoms with Gasteiger partial charge < -0.3 is 11.1 Å². The van der Waals surface area contributed by atoms with Crippen LogP contribution in [-0.4, -0.2) is 28.3 Å². The molecule has 82 valence electrons. The molecule has 7 heteroatoms. The first-order valence-corrected chi connectivity index (χ1v) is 4.48. The Morgan fingerprint density at radius 3 is 2.87 bits per heavy atom. The van der Waals surface area contributed by atoms with E-state index >= 15 is 0 Å². The van der Waals surface area contributed by atoms with Gasteiger partial charge in [0.1, 0.15) is 5.82 Å². The summed E-state index contributed by atoms with van der Waals surface area (Å²) >= 11 is 0. The van der Waals surface area contributed by atoms with Gasteiger partial charge in [0.2, 0.25) is 5.91 Å². The molecule has 3 amide bonds. The van der Waals surface area contributed by atoms with Crippen LogP contribution < -0.4 is 16.4 Å². The van der Waals surface area contributed by atoms with Gasteiger partial charge in [-0.2, -0.15) is 5.10 Å². The highest BCUT2D eigenvalue weighted by Crippen LogP contribution is 2.00. The molecule has 0 saturated carbocycles. The summed E-state index contributed by atoms with van der Waals surface area (Å²) in [5.74, 6) is 0.0880. The SMILES string of the molecule is CCn1ccc(NCC(=O)NC(N)=O)n1. The van der Waals surface area contributed by atoms with E-state index in [1.54, 1.807) is 16.9 Å². The van der Waals surface area contributed by atoms with Crippen LogP contribution in [-0.2, 0) is 11.3 Å². The van der Waals surface area contributed by atoms with Crippen LogP contribution in [0.2, 0.25) is 0 Å². The van der Waals surface area contributed by atoms with Crippen LogP contribution in [0.1, 0.15) is 6.92 Å². The maximum atomic E-state index is 11.0. The van der Waals surface area contributed by atoms with Crippen molar-refractivity contribution >= 4 is 17.8 Å². The second-order valence-corrected chi connectivity index (χ2v) is 2.82. The lowest BCUT2D eigenvalue weighted by molar-refractivity contribution is -0.118. The topological polar surface area (TPSA) is 102 Å². The highest BCUT2D eigenvalue weighted by molar-refractivity contribution is 5.95. The average molecular weight is 211 g/mol. The van der Waals surface area contributed by atoms with Crippen molar-refractivity contribution in [3.05, 3.63) is 12.3 Å². The third kappa shape index (κ3) is 3.67. The molecule has 0 radical (unpaired) electrons. The van der Waals surface area contributed by atoms with E-state index in [2.05, 4.69) is 10.4 Å². The van der Waals surface area contributed by atoms with E-state index in [-0.39, 0.29) is 6.54 Å². The molecule has 0 aliphatic heterocycles. The van der Waals surface area contributed by atoms with Crippen molar-refractivity contribution in [3.63, 3.8) is 0 Å². The van der Waals surface area contributed by atoms with Crippen LogP contribution >= 0.6 is 0 Å². The lowest BCUT2D eigenvalue weighted by atomic mass is 10.5. The lowest BCUT2D eigenvalue weighted by Gasteiger charge is -2.01. The Bertz CT molecular complexity index is 360. The summed E-state index contributed by atoms with van der Waals surface area (Å²) in [5, 5.41) is 8.78. The number of anilines is 1. The van der Waals surface area contributed by atoms with Gasteiger partial charge >= 0.3 is 6.03 Å². The molecule has 0 aliphatic rings. The number of carbonyl (C=O) groups excluding carboxylic acids is 2. The van der Waals surface area contributed by atoms with Gasteiger partial charge in [0, 0.05) is 18.8 Å². The lowest BCUT2D eigenvalue weighted by Crippen LogP contribution is -2.38. The molecule has 4 N–H and O–H groups in total. The van der Waals surface area contributed by atoms with Crippen molar-refractivity contribution in [1.82, 2.24) is 15.1 Å². The maximum absolute atomic E-state index is 11.0. The number of nitrogens with one attached hydrogen (secondary N) is 2. The van der Waals surface area contributed by atoms with Gasteiger partial charge in [-0.15, -0.1) is 0 Å². The van der Waals surface area contributed by atoms with E-state index in [0.717, 1.165) is 6.54 Å². The zero-order chi connectivity index (χ0) is 11.3. The summed E-state index contributed by atoms with van der Waals surface area (Å²) in [6, 6.07) is 0.877. The van der Waals surface area contributed by atoms with Crippen LogP contribution in [0.4, 0.5) is 10.6 Å². The molecule has 1 heterocycles. The van der Waals surface area contributed by atoms with E-state index < -0.39 is 11.9 Å². The number of aromatic nitrogens is 2. The largest absolute Gasteiger partial charge is 0.360 e. The molecule has 0 fully saturated rings. The molecule has 7 nitrogen and oxygen atoms in total. The highest BCUT2D eigenvalue weighted by atomic mass is 16.2. The summed E-state index contributed by atoms with van der Waals surface area (Å²) in [7, 11) is 0. The number of rotatable bonds is 4. The molecule has 15 heavy (non-hydrogen) atoms. The van der Waals surface area contributed by atoms with Crippen molar-refractivity contribution in [3.8, 4) is 0 Å². The third-order valence-electron chi connectivity index (χ3n) is 1.66. The normalized spacial score (nSPS) is 9.67. The first-order chi connectivity index (χ1) is 7.11. The summed E-state index contributed by atoms with van der Waals surface area (Å²) in [6.45, 7) is 2.68. The molecule has 0 aliphatic carbocycles. The Balaban J connectivity index is 2.36. The van der Waals surface area contributed by atoms with Gasteiger partial charge in [-0.3, -0.25) is 14.8 Å². The number of hydrogen-bond acceptors (Lipinski definition) is 4. The number of nitrogens with two attached hydrogens (primary N) is 1. The second-order valence-electron chi connectivity index (χ2n) is 2.82. The number of imide groups is 1. The molecule has 1 rings (SSSR count). The molecular weight excluding hydrogens is 198 g/mol. The van der Waals surface area contributed by atoms with Gasteiger partial charge in [-0.05, 0) is 6.92 Å². The van der Waals surface area contributed by atoms with Crippen molar-refractivity contribution in [2.24, 2.45) is 5.73 Å². The molecule has 1 aromatic rings. The fourth-order valence-electron chi connectivity index (χ4n) is 0.985. The van der Waals surface area contributed by atoms with Crippen LogP contribution in [0.25, 0.3) is 0 Å². The van der Waals surface area contributed by atoms with Gasteiger partial charge in [-0.1, -0.05) is 0 Å². The van der Waals surface area contributed by atoms with Crippen LogP contribution in [0.3, 0.4) is 0 Å². The van der Waals surface area contributed by atoms with Gasteiger partial charge in [-0.25, -0.2) is 4.79 Å². The van der Waals surface area contributed by atoms with Crippen LogP contribution in [0.5, 0.6) is 0 Å². The van der Waals surface area contributed by atoms with E-state index in [9.17, 15) is 9.59 Å². The number of nitrogens with zero attached hydrogens (tertiary/aromatic N) is 2. The number of amides is 3. The van der Waals surface area contributed by atoms with Gasteiger partial charge in [0.05, 0.1) is 6.54 Å². The Hall–Kier alpha value is -2.05. The standard InChI is InChI=1S/C8H13N5O2/c1-2-13-4-3-6(12-13)10-5-7(14)11-8(9)15/h3-4H,2,5H2,1H3,(H,10,12)(H3,9,11,14,15). The van der Waals surface area contributed by atoms with Crippen molar-refractivity contribution in [1.29, 1.82) is 0 Å². The number of aryl methyl sites for hydroxylation is 1. The summed E-state index contributed by atoms with van der Waals surface area (Å²) in [4.78, 5) is 21.3. The first kappa shape index (κ1) is 11.0. The molecular formula is C8H13N5O2. The quantitative estimate of drug-likeness (QED) is 0.625. The minimum atomic E-state index is -0.860. The number of urea groups is 1. The summed E-state index contributed by atoms with van der Waals surface area (Å²) < 4.78 is 1.72. The fourth-order valence-corrected chi connectivity index (χ4v) is 0.985. The Morgan fingerprint density at radius 2 is 2.33 bits per heavy atom. The summed E-state index contributed by atoms with van der Waals surface area (Å²) in [5.41, 5.74) is 4.77. The van der Waals surface area contributed by atoms with E-state index in [4.69, 9.17) is 5.73 Å². The maximum Gasteiger partial charge on any atom is 0.318 e. The molecule has 0 saturated heterocycles. The van der Waals surface area contributed by atoms with E-state index in [0.29, 0.717) is 5.82 Å². The van der Waals surface area contributed by atoms with Crippen LogP contribution in [0.15, 0.2) is 12.3 Å². The Morgan fingerprint density at radius 1 is 1.60 bits per heavy atom. The predicted molar refractivity (Wildman–Crippen MR) is 54.1 cm³/mol. The molecule has 0 unspecified atom stereocenters. The summed E-state index contributed by atoms with van der Waals surface area (Å²) in [6.07, 6.45) is 1.79. The smallest absolute Gasteiger partial charge is 0.318 e. The van der Waals surface area contributed by atoms with Crippen LogP contribution in [0, 0.1) is 0 Å². The number of hydrogen-bond donors (Lipinski definition) is 3. The van der Waals surface area contributed by atoms with Crippen molar-refractivity contribution in [2.75, 3.05) is 11.9 Å². The van der Waals surface area contributed by atoms with Gasteiger partial charge in [0.25, 0.3) is 0 Å². The van der Waals surface area contributed by atoms with Crippen molar-refractivity contribution < 1.29 is 9.59 Å². The minimum Gasteiger partial charge on any atom is -0.360 e. The number of carbonyl (C=O) groups is 2. The number of primary amides is 1. The van der Waals surface area contributed by atoms with E-state index in [1.165, 1.54) is 0 Å².